The van der Waals surface area contributed by atoms with Gasteiger partial charge in [0, 0.05) is 23.4 Å². The number of benzene rings is 2. The van der Waals surface area contributed by atoms with Crippen LogP contribution in [0.3, 0.4) is 0 Å². The Morgan fingerprint density at radius 3 is 2.13 bits per heavy atom. The van der Waals surface area contributed by atoms with E-state index < -0.39 is 16.1 Å². The number of rotatable bonds is 8. The van der Waals surface area contributed by atoms with Crippen LogP contribution < -0.4 is 10.0 Å². The van der Waals surface area contributed by atoms with E-state index in [2.05, 4.69) is 5.32 Å². The molecular weight excluding hydrogens is 440 g/mol. The summed E-state index contributed by atoms with van der Waals surface area (Å²) in [5.41, 5.74) is 2.31. The van der Waals surface area contributed by atoms with Crippen molar-refractivity contribution in [1.29, 1.82) is 0 Å². The lowest BCUT2D eigenvalue weighted by atomic mass is 9.92. The molecule has 0 radical (unpaired) electrons. The average molecular weight is 467 g/mol. The van der Waals surface area contributed by atoms with Crippen molar-refractivity contribution in [1.82, 2.24) is 4.72 Å². The van der Waals surface area contributed by atoms with Gasteiger partial charge in [-0.15, -0.1) is 0 Å². The third-order valence-corrected chi connectivity index (χ3v) is 6.16. The zero-order valence-corrected chi connectivity index (χ0v) is 19.7. The number of halogens is 1. The van der Waals surface area contributed by atoms with Crippen molar-refractivity contribution in [2.24, 2.45) is 0 Å². The van der Waals surface area contributed by atoms with Crippen molar-refractivity contribution >= 4 is 39.1 Å². The number of methoxy groups -OCH3 is 1. The number of amides is 2. The quantitative estimate of drug-likeness (QED) is 0.537. The summed E-state index contributed by atoms with van der Waals surface area (Å²) >= 11 is 6.24. The van der Waals surface area contributed by atoms with Gasteiger partial charge >= 0.3 is 6.03 Å². The van der Waals surface area contributed by atoms with Crippen LogP contribution in [-0.2, 0) is 14.8 Å². The first kappa shape index (κ1) is 24.8. The highest BCUT2D eigenvalue weighted by molar-refractivity contribution is 7.90. The van der Waals surface area contributed by atoms with Crippen LogP contribution in [0.4, 0.5) is 10.5 Å². The number of urea groups is 1. The van der Waals surface area contributed by atoms with Gasteiger partial charge in [-0.2, -0.15) is 0 Å². The van der Waals surface area contributed by atoms with Crippen LogP contribution in [0.5, 0.6) is 0 Å². The smallest absolute Gasteiger partial charge is 0.333 e. The molecule has 2 rings (SSSR count). The van der Waals surface area contributed by atoms with Crippen molar-refractivity contribution in [3.63, 3.8) is 0 Å². The normalized spacial score (nSPS) is 11.6. The van der Waals surface area contributed by atoms with Crippen LogP contribution in [0.15, 0.2) is 41.3 Å². The lowest BCUT2D eigenvalue weighted by molar-refractivity contribution is 0.0848. The van der Waals surface area contributed by atoms with E-state index in [1.54, 1.807) is 12.1 Å². The molecule has 0 bridgehead atoms. The van der Waals surface area contributed by atoms with Crippen LogP contribution in [0.1, 0.15) is 61.0 Å². The van der Waals surface area contributed by atoms with Crippen LogP contribution in [0, 0.1) is 0 Å². The molecule has 168 valence electrons. The number of sulfonamides is 1. The number of carbonyl (C=O) groups excluding carboxylic acids is 2. The number of ether oxygens (including phenoxy) is 1. The molecule has 0 aliphatic heterocycles. The third-order valence-electron chi connectivity index (χ3n) is 4.62. The minimum absolute atomic E-state index is 0.0478. The van der Waals surface area contributed by atoms with Gasteiger partial charge in [-0.3, -0.25) is 4.79 Å². The van der Waals surface area contributed by atoms with Crippen molar-refractivity contribution in [3.8, 4) is 0 Å². The second kappa shape index (κ2) is 10.3. The highest BCUT2D eigenvalue weighted by atomic mass is 35.5. The lowest BCUT2D eigenvalue weighted by Gasteiger charge is -2.21. The Balaban J connectivity index is 2.33. The number of nitrogens with one attached hydrogen (secondary N) is 2. The van der Waals surface area contributed by atoms with Crippen molar-refractivity contribution in [2.45, 2.75) is 44.4 Å². The van der Waals surface area contributed by atoms with E-state index >= 15 is 0 Å². The molecule has 0 aliphatic rings. The number of hydrogen-bond donors (Lipinski definition) is 2. The molecule has 0 saturated carbocycles. The molecule has 2 aromatic carbocycles. The Kier molecular flexibility index (Phi) is 8.22. The number of ketones is 1. The van der Waals surface area contributed by atoms with Gasteiger partial charge in [0.1, 0.15) is 6.61 Å². The maximum atomic E-state index is 12.7. The first-order valence-electron chi connectivity index (χ1n) is 9.75. The van der Waals surface area contributed by atoms with Gasteiger partial charge < -0.3 is 10.1 Å². The Labute approximate surface area is 188 Å². The standard InChI is InChI=1S/C22H27ClN2O5S/c1-13(2)18-10-16(23)11-19(14(3)4)21(18)24-22(27)25-31(28,29)17-8-6-7-15(9-17)20(26)12-30-5/h6-11,13-14H,12H2,1-5H3,(H2,24,25,27). The lowest BCUT2D eigenvalue weighted by Crippen LogP contribution is -2.35. The summed E-state index contributed by atoms with van der Waals surface area (Å²) in [6, 6.07) is 8.04. The fraction of sp³-hybridized carbons (Fsp3) is 0.364. The van der Waals surface area contributed by atoms with Crippen LogP contribution in [-0.4, -0.2) is 33.9 Å². The first-order chi connectivity index (χ1) is 14.5. The van der Waals surface area contributed by atoms with Crippen LogP contribution in [0.25, 0.3) is 0 Å². The maximum Gasteiger partial charge on any atom is 0.333 e. The Morgan fingerprint density at radius 2 is 1.61 bits per heavy atom. The number of anilines is 1. The molecule has 0 fully saturated rings. The zero-order valence-electron chi connectivity index (χ0n) is 18.2. The molecule has 0 spiro atoms. The monoisotopic (exact) mass is 466 g/mol. The van der Waals surface area contributed by atoms with E-state index in [1.165, 1.54) is 31.4 Å². The molecule has 0 aromatic heterocycles. The minimum atomic E-state index is -4.21. The zero-order chi connectivity index (χ0) is 23.3. The summed E-state index contributed by atoms with van der Waals surface area (Å²) in [6.07, 6.45) is 0. The van der Waals surface area contributed by atoms with Gasteiger partial charge in [0.2, 0.25) is 0 Å². The maximum absolute atomic E-state index is 12.7. The topological polar surface area (TPSA) is 102 Å². The number of hydrogen-bond acceptors (Lipinski definition) is 5. The molecule has 0 unspecified atom stereocenters. The summed E-state index contributed by atoms with van der Waals surface area (Å²) in [5.74, 6) is -0.272. The first-order valence-corrected chi connectivity index (χ1v) is 11.6. The van der Waals surface area contributed by atoms with Crippen LogP contribution >= 0.6 is 11.6 Å². The van der Waals surface area contributed by atoms with Gasteiger partial charge in [0.05, 0.1) is 4.90 Å². The van der Waals surface area contributed by atoms with Crippen molar-refractivity contribution in [3.05, 3.63) is 58.1 Å². The fourth-order valence-electron chi connectivity index (χ4n) is 3.08. The van der Waals surface area contributed by atoms with E-state index in [9.17, 15) is 18.0 Å². The predicted octanol–water partition coefficient (Wildman–Crippen LogP) is 4.93. The summed E-state index contributed by atoms with van der Waals surface area (Å²) in [5, 5.41) is 3.22. The Morgan fingerprint density at radius 1 is 1.03 bits per heavy atom. The van der Waals surface area contributed by atoms with Gasteiger partial charge in [-0.05, 0) is 47.2 Å². The second-order valence-electron chi connectivity index (χ2n) is 7.71. The Hall–Kier alpha value is -2.42. The molecule has 2 aromatic rings. The summed E-state index contributed by atoms with van der Waals surface area (Å²) in [7, 11) is -2.83. The number of Topliss-reactive ketones (excluding diaryl/α,β-unsaturated/α-hetero) is 1. The molecule has 2 amide bonds. The molecule has 0 heterocycles. The van der Waals surface area contributed by atoms with Crippen molar-refractivity contribution < 1.29 is 22.7 Å². The summed E-state index contributed by atoms with van der Waals surface area (Å²) < 4.78 is 32.3. The second-order valence-corrected chi connectivity index (χ2v) is 9.83. The van der Waals surface area contributed by atoms with Crippen molar-refractivity contribution in [2.75, 3.05) is 19.0 Å². The predicted molar refractivity (Wildman–Crippen MR) is 122 cm³/mol. The van der Waals surface area contributed by atoms with E-state index in [-0.39, 0.29) is 34.7 Å². The highest BCUT2D eigenvalue weighted by Crippen LogP contribution is 2.35. The highest BCUT2D eigenvalue weighted by Gasteiger charge is 2.22. The van der Waals surface area contributed by atoms with E-state index in [0.29, 0.717) is 10.7 Å². The largest absolute Gasteiger partial charge is 0.377 e. The molecular formula is C22H27ClN2O5S. The SMILES string of the molecule is COCC(=O)c1cccc(S(=O)(=O)NC(=O)Nc2c(C(C)C)cc(Cl)cc2C(C)C)c1. The van der Waals surface area contributed by atoms with Gasteiger partial charge in [0.15, 0.2) is 5.78 Å². The van der Waals surface area contributed by atoms with Crippen LogP contribution in [0.2, 0.25) is 5.02 Å². The Bertz CT molecular complexity index is 1050. The molecule has 7 nitrogen and oxygen atoms in total. The van der Waals surface area contributed by atoms with E-state index in [1.807, 2.05) is 32.4 Å². The summed E-state index contributed by atoms with van der Waals surface area (Å²) in [6.45, 7) is 7.65. The minimum Gasteiger partial charge on any atom is -0.377 e. The molecule has 31 heavy (non-hydrogen) atoms. The average Bonchev–Trinajstić information content (AvgIpc) is 2.68. The van der Waals surface area contributed by atoms with Gasteiger partial charge in [-0.25, -0.2) is 17.9 Å². The number of carbonyl (C=O) groups is 2. The summed E-state index contributed by atoms with van der Waals surface area (Å²) in [4.78, 5) is 24.4. The molecule has 9 heteroatoms. The fourth-order valence-corrected chi connectivity index (χ4v) is 4.26. The molecule has 0 saturated heterocycles. The molecule has 0 atom stereocenters. The molecule has 0 aliphatic carbocycles. The van der Waals surface area contributed by atoms with E-state index in [0.717, 1.165) is 11.1 Å². The van der Waals surface area contributed by atoms with Gasteiger partial charge in [0.25, 0.3) is 10.0 Å². The third kappa shape index (κ3) is 6.29. The van der Waals surface area contributed by atoms with E-state index in [4.69, 9.17) is 16.3 Å². The molecule has 2 N–H and O–H groups in total. The van der Waals surface area contributed by atoms with Gasteiger partial charge in [-0.1, -0.05) is 51.4 Å².